The maximum Gasteiger partial charge on any atom is 0.306 e. The number of hydrogen-bond donors (Lipinski definition) is 1. The van der Waals surface area contributed by atoms with Crippen LogP contribution < -0.4 is 4.74 Å². The zero-order chi connectivity index (χ0) is 27.4. The lowest BCUT2D eigenvalue weighted by Gasteiger charge is -2.27. The Labute approximate surface area is 232 Å². The number of carboxylic acids is 1. The number of carbonyl (C=O) groups is 2. The first-order chi connectivity index (χ1) is 18.9. The van der Waals surface area contributed by atoms with Gasteiger partial charge in [-0.25, -0.2) is 4.98 Å². The molecule has 5 rings (SSSR count). The van der Waals surface area contributed by atoms with E-state index >= 15 is 0 Å². The first kappa shape index (κ1) is 26.6. The van der Waals surface area contributed by atoms with Gasteiger partial charge in [-0.05, 0) is 92.5 Å². The molecular formula is C31H31N3O4S. The third kappa shape index (κ3) is 6.04. The molecule has 1 aliphatic carbocycles. The molecule has 0 saturated carbocycles. The molecule has 8 heteroatoms. The normalized spacial score (nSPS) is 17.3. The molecule has 1 unspecified atom stereocenters. The minimum atomic E-state index is -0.751. The minimum absolute atomic E-state index is 0.0885. The second-order valence-corrected chi connectivity index (χ2v) is 11.0. The molecule has 2 aromatic carbocycles. The summed E-state index contributed by atoms with van der Waals surface area (Å²) in [6.45, 7) is 3.96. The highest BCUT2D eigenvalue weighted by atomic mass is 32.1. The summed E-state index contributed by atoms with van der Waals surface area (Å²) in [6, 6.07) is 13.3. The average Bonchev–Trinajstić information content (AvgIpc) is 3.47. The molecule has 3 aromatic rings. The molecule has 1 fully saturated rings. The van der Waals surface area contributed by atoms with Crippen molar-refractivity contribution >= 4 is 28.8 Å². The van der Waals surface area contributed by atoms with E-state index in [1.54, 1.807) is 18.2 Å². The molecule has 1 saturated heterocycles. The van der Waals surface area contributed by atoms with Gasteiger partial charge in [0.25, 0.3) is 5.91 Å². The number of benzene rings is 2. The van der Waals surface area contributed by atoms with Crippen LogP contribution >= 0.6 is 11.3 Å². The smallest absolute Gasteiger partial charge is 0.306 e. The van der Waals surface area contributed by atoms with E-state index in [4.69, 9.17) is 9.72 Å². The summed E-state index contributed by atoms with van der Waals surface area (Å²) in [5, 5.41) is 21.6. The van der Waals surface area contributed by atoms with Gasteiger partial charge in [0.15, 0.2) is 0 Å². The van der Waals surface area contributed by atoms with E-state index in [0.717, 1.165) is 58.9 Å². The summed E-state index contributed by atoms with van der Waals surface area (Å²) in [7, 11) is 0. The summed E-state index contributed by atoms with van der Waals surface area (Å²) < 4.78 is 6.25. The van der Waals surface area contributed by atoms with Gasteiger partial charge in [-0.15, -0.1) is 11.3 Å². The van der Waals surface area contributed by atoms with E-state index in [9.17, 15) is 20.0 Å². The number of likely N-dealkylation sites (tertiary alicyclic amines) is 1. The van der Waals surface area contributed by atoms with Crippen molar-refractivity contribution in [2.45, 2.75) is 52.1 Å². The van der Waals surface area contributed by atoms with Gasteiger partial charge in [-0.3, -0.25) is 9.59 Å². The second-order valence-electron chi connectivity index (χ2n) is 10.2. The number of aromatic nitrogens is 1. The Kier molecular flexibility index (Phi) is 8.08. The summed E-state index contributed by atoms with van der Waals surface area (Å²) >= 11 is 1.51. The number of aryl methyl sites for hydroxylation is 1. The van der Waals surface area contributed by atoms with Crippen molar-refractivity contribution in [3.63, 3.8) is 0 Å². The topological polar surface area (TPSA) is 104 Å². The number of nitrogens with zero attached hydrogens (tertiary/aromatic N) is 3. The van der Waals surface area contributed by atoms with Crippen LogP contribution in [0.15, 0.2) is 47.9 Å². The molecule has 1 N–H and O–H groups in total. The molecule has 7 nitrogen and oxygen atoms in total. The highest BCUT2D eigenvalue weighted by Gasteiger charge is 2.23. The number of nitriles is 1. The minimum Gasteiger partial charge on any atom is -0.488 e. The second kappa shape index (κ2) is 11.8. The standard InChI is InChI=1S/C31H31N3O4S/c1-20-15-24(30(35)34-13-3-2-4-14-34)10-11-25(20)18-38-28-12-5-21(17-32)16-26(28)27-19-39-29(33-27)22-6-8-23(9-7-22)31(36)37/h5-6,10-12,15-16,19,23H,2-4,7-9,13-14,18H2,1H3,(H,36,37). The number of ether oxygens (including phenoxy) is 1. The summed E-state index contributed by atoms with van der Waals surface area (Å²) in [5.74, 6) is -0.368. The summed E-state index contributed by atoms with van der Waals surface area (Å²) in [4.78, 5) is 30.9. The summed E-state index contributed by atoms with van der Waals surface area (Å²) in [5.41, 5.74) is 5.74. The Morgan fingerprint density at radius 2 is 2.00 bits per heavy atom. The summed E-state index contributed by atoms with van der Waals surface area (Å²) in [6.07, 6.45) is 7.09. The lowest BCUT2D eigenvalue weighted by molar-refractivity contribution is -0.141. The van der Waals surface area contributed by atoms with E-state index in [-0.39, 0.29) is 11.8 Å². The number of amides is 1. The van der Waals surface area contributed by atoms with Crippen LogP contribution in [-0.2, 0) is 11.4 Å². The van der Waals surface area contributed by atoms with Crippen LogP contribution in [0.2, 0.25) is 0 Å². The van der Waals surface area contributed by atoms with Crippen molar-refractivity contribution in [3.05, 3.63) is 75.1 Å². The molecule has 39 heavy (non-hydrogen) atoms. The molecule has 2 heterocycles. The maximum absolute atomic E-state index is 12.9. The number of allylic oxidation sites excluding steroid dienone is 2. The number of rotatable bonds is 7. The SMILES string of the molecule is Cc1cc(C(=O)N2CCCCC2)ccc1COc1ccc(C#N)cc1-c1csc(C2=CCC(C(=O)O)CC2)n1. The molecule has 1 amide bonds. The Morgan fingerprint density at radius 3 is 2.69 bits per heavy atom. The van der Waals surface area contributed by atoms with Crippen molar-refractivity contribution in [2.75, 3.05) is 13.1 Å². The molecule has 1 aromatic heterocycles. The monoisotopic (exact) mass is 541 g/mol. The van der Waals surface area contributed by atoms with Gasteiger partial charge in [0.1, 0.15) is 17.4 Å². The van der Waals surface area contributed by atoms with Crippen LogP contribution in [0, 0.1) is 24.2 Å². The molecule has 2 aliphatic rings. The highest BCUT2D eigenvalue weighted by molar-refractivity contribution is 7.11. The number of hydrogen-bond acceptors (Lipinski definition) is 6. The fourth-order valence-electron chi connectivity index (χ4n) is 5.15. The quantitative estimate of drug-likeness (QED) is 0.368. The van der Waals surface area contributed by atoms with Gasteiger partial charge in [0.05, 0.1) is 23.2 Å². The predicted octanol–water partition coefficient (Wildman–Crippen LogP) is 6.46. The van der Waals surface area contributed by atoms with Crippen LogP contribution in [0.1, 0.15) is 70.6 Å². The van der Waals surface area contributed by atoms with Crippen molar-refractivity contribution < 1.29 is 19.4 Å². The zero-order valence-electron chi connectivity index (χ0n) is 22.0. The first-order valence-corrected chi connectivity index (χ1v) is 14.2. The number of piperidine rings is 1. The van der Waals surface area contributed by atoms with Crippen molar-refractivity contribution in [3.8, 4) is 23.1 Å². The van der Waals surface area contributed by atoms with Crippen LogP contribution in [0.5, 0.6) is 5.75 Å². The molecule has 1 aliphatic heterocycles. The third-order valence-electron chi connectivity index (χ3n) is 7.54. The number of carboxylic acid groups (broad SMARTS) is 1. The molecule has 200 valence electrons. The predicted molar refractivity (Wildman–Crippen MR) is 150 cm³/mol. The van der Waals surface area contributed by atoms with E-state index in [0.29, 0.717) is 42.7 Å². The van der Waals surface area contributed by atoms with Crippen LogP contribution in [0.4, 0.5) is 0 Å². The highest BCUT2D eigenvalue weighted by Crippen LogP contribution is 2.37. The van der Waals surface area contributed by atoms with Gasteiger partial charge >= 0.3 is 5.97 Å². The van der Waals surface area contributed by atoms with Crippen LogP contribution in [0.3, 0.4) is 0 Å². The first-order valence-electron chi connectivity index (χ1n) is 13.4. The van der Waals surface area contributed by atoms with Gasteiger partial charge < -0.3 is 14.7 Å². The van der Waals surface area contributed by atoms with Crippen molar-refractivity contribution in [2.24, 2.45) is 5.92 Å². The molecule has 0 radical (unpaired) electrons. The molecule has 1 atom stereocenters. The zero-order valence-corrected chi connectivity index (χ0v) is 22.8. The lowest BCUT2D eigenvalue weighted by atomic mass is 9.90. The Morgan fingerprint density at radius 1 is 1.18 bits per heavy atom. The average molecular weight is 542 g/mol. The Balaban J connectivity index is 1.33. The lowest BCUT2D eigenvalue weighted by Crippen LogP contribution is -2.35. The van der Waals surface area contributed by atoms with Gasteiger partial charge in [-0.1, -0.05) is 12.1 Å². The van der Waals surface area contributed by atoms with Crippen LogP contribution in [0.25, 0.3) is 16.8 Å². The fraction of sp³-hybridized carbons (Fsp3) is 0.355. The van der Waals surface area contributed by atoms with E-state index in [2.05, 4.69) is 6.07 Å². The van der Waals surface area contributed by atoms with Crippen molar-refractivity contribution in [1.29, 1.82) is 5.26 Å². The number of thiazole rings is 1. The number of carbonyl (C=O) groups excluding carboxylic acids is 1. The molecule has 0 spiro atoms. The Bertz CT molecular complexity index is 1460. The maximum atomic E-state index is 12.9. The molecular weight excluding hydrogens is 510 g/mol. The molecule has 0 bridgehead atoms. The van der Waals surface area contributed by atoms with Crippen LogP contribution in [-0.4, -0.2) is 40.0 Å². The van der Waals surface area contributed by atoms with Gasteiger partial charge in [0.2, 0.25) is 0 Å². The van der Waals surface area contributed by atoms with Gasteiger partial charge in [-0.2, -0.15) is 5.26 Å². The van der Waals surface area contributed by atoms with Crippen molar-refractivity contribution in [1.82, 2.24) is 9.88 Å². The fourth-order valence-corrected chi connectivity index (χ4v) is 6.04. The van der Waals surface area contributed by atoms with E-state index in [1.807, 2.05) is 41.5 Å². The van der Waals surface area contributed by atoms with Gasteiger partial charge in [0, 0.05) is 29.6 Å². The largest absolute Gasteiger partial charge is 0.488 e. The van der Waals surface area contributed by atoms with E-state index < -0.39 is 5.97 Å². The van der Waals surface area contributed by atoms with E-state index in [1.165, 1.54) is 17.8 Å². The number of aliphatic carboxylic acids is 1. The Hall–Kier alpha value is -3.96. The third-order valence-corrected chi connectivity index (χ3v) is 8.46.